The van der Waals surface area contributed by atoms with Gasteiger partial charge in [-0.05, 0) is 37.9 Å². The zero-order chi connectivity index (χ0) is 12.1. The zero-order valence-corrected chi connectivity index (χ0v) is 11.2. The average molecular weight is 274 g/mol. The highest BCUT2D eigenvalue weighted by atomic mass is 35.5. The third-order valence-corrected chi connectivity index (χ3v) is 3.85. The van der Waals surface area contributed by atoms with E-state index in [9.17, 15) is 0 Å². The van der Waals surface area contributed by atoms with Crippen molar-refractivity contribution in [2.75, 3.05) is 13.2 Å². The van der Waals surface area contributed by atoms with Crippen LogP contribution in [0.4, 0.5) is 0 Å². The highest BCUT2D eigenvalue weighted by Gasteiger charge is 2.12. The molecule has 94 valence electrons. The maximum absolute atomic E-state index is 6.04. The van der Waals surface area contributed by atoms with Crippen molar-refractivity contribution in [3.8, 4) is 5.75 Å². The van der Waals surface area contributed by atoms with Crippen molar-refractivity contribution in [2.24, 2.45) is 0 Å². The predicted octanol–water partition coefficient (Wildman–Crippen LogP) is 3.90. The number of piperidine rings is 1. The highest BCUT2D eigenvalue weighted by Crippen LogP contribution is 2.31. The Labute approximate surface area is 112 Å². The standard InChI is InChI=1S/C13H17Cl2NO/c14-11-5-3-6-12(13(11)15)17-9-7-10-4-1-2-8-16-10/h3,5-6,10,16H,1-2,4,7-9H2/t10-/m0/s1. The van der Waals surface area contributed by atoms with Gasteiger partial charge in [0.2, 0.25) is 0 Å². The van der Waals surface area contributed by atoms with Gasteiger partial charge in [0.1, 0.15) is 10.8 Å². The molecule has 1 fully saturated rings. The minimum Gasteiger partial charge on any atom is -0.492 e. The number of ether oxygens (including phenoxy) is 1. The van der Waals surface area contributed by atoms with Crippen molar-refractivity contribution in [3.05, 3.63) is 28.2 Å². The fourth-order valence-corrected chi connectivity index (χ4v) is 2.42. The third-order valence-electron chi connectivity index (χ3n) is 3.05. The molecule has 0 bridgehead atoms. The second-order valence-corrected chi connectivity index (χ2v) is 5.12. The van der Waals surface area contributed by atoms with Gasteiger partial charge in [-0.2, -0.15) is 0 Å². The number of nitrogens with one attached hydrogen (secondary N) is 1. The maximum atomic E-state index is 6.04. The van der Waals surface area contributed by atoms with Crippen LogP contribution >= 0.6 is 23.2 Å². The molecule has 1 aromatic rings. The van der Waals surface area contributed by atoms with E-state index >= 15 is 0 Å². The summed E-state index contributed by atoms with van der Waals surface area (Å²) in [4.78, 5) is 0. The molecule has 0 saturated carbocycles. The quantitative estimate of drug-likeness (QED) is 0.899. The van der Waals surface area contributed by atoms with Gasteiger partial charge in [0, 0.05) is 6.04 Å². The molecule has 0 unspecified atom stereocenters. The molecular formula is C13H17Cl2NO. The Morgan fingerprint density at radius 2 is 2.18 bits per heavy atom. The Morgan fingerprint density at radius 1 is 1.29 bits per heavy atom. The SMILES string of the molecule is Clc1cccc(OCC[C@@H]2CCCCN2)c1Cl. The molecule has 0 spiro atoms. The van der Waals surface area contributed by atoms with Crippen LogP contribution in [0.3, 0.4) is 0 Å². The van der Waals surface area contributed by atoms with Crippen LogP contribution in [-0.4, -0.2) is 19.2 Å². The van der Waals surface area contributed by atoms with Crippen molar-refractivity contribution < 1.29 is 4.74 Å². The molecule has 0 radical (unpaired) electrons. The van der Waals surface area contributed by atoms with Gasteiger partial charge in [-0.3, -0.25) is 0 Å². The molecule has 4 heteroatoms. The van der Waals surface area contributed by atoms with Gasteiger partial charge in [0.05, 0.1) is 11.6 Å². The Hall–Kier alpha value is -0.440. The van der Waals surface area contributed by atoms with Crippen LogP contribution in [0.2, 0.25) is 10.0 Å². The summed E-state index contributed by atoms with van der Waals surface area (Å²) in [6.07, 6.45) is 4.86. The van der Waals surface area contributed by atoms with E-state index in [2.05, 4.69) is 5.32 Å². The van der Waals surface area contributed by atoms with E-state index in [1.54, 1.807) is 6.07 Å². The lowest BCUT2D eigenvalue weighted by Gasteiger charge is -2.23. The third kappa shape index (κ3) is 3.77. The van der Waals surface area contributed by atoms with Crippen molar-refractivity contribution in [1.82, 2.24) is 5.32 Å². The summed E-state index contributed by atoms with van der Waals surface area (Å²) in [7, 11) is 0. The fraction of sp³-hybridized carbons (Fsp3) is 0.538. The predicted molar refractivity (Wildman–Crippen MR) is 72.2 cm³/mol. The van der Waals surface area contributed by atoms with Crippen molar-refractivity contribution >= 4 is 23.2 Å². The van der Waals surface area contributed by atoms with E-state index in [4.69, 9.17) is 27.9 Å². The van der Waals surface area contributed by atoms with Gasteiger partial charge in [-0.25, -0.2) is 0 Å². The summed E-state index contributed by atoms with van der Waals surface area (Å²) < 4.78 is 5.66. The Kier molecular flexibility index (Phi) is 4.96. The smallest absolute Gasteiger partial charge is 0.139 e. The normalized spacial score (nSPS) is 20.2. The van der Waals surface area contributed by atoms with Crippen LogP contribution in [0.1, 0.15) is 25.7 Å². The molecule has 17 heavy (non-hydrogen) atoms. The van der Waals surface area contributed by atoms with Crippen molar-refractivity contribution in [2.45, 2.75) is 31.7 Å². The molecule has 1 heterocycles. The lowest BCUT2D eigenvalue weighted by molar-refractivity contribution is 0.268. The fourth-order valence-electron chi connectivity index (χ4n) is 2.08. The van der Waals surface area contributed by atoms with Gasteiger partial charge in [-0.1, -0.05) is 35.7 Å². The van der Waals surface area contributed by atoms with Crippen LogP contribution in [0.15, 0.2) is 18.2 Å². The number of benzene rings is 1. The molecule has 1 aliphatic heterocycles. The van der Waals surface area contributed by atoms with Crippen LogP contribution in [0.25, 0.3) is 0 Å². The molecule has 0 aliphatic carbocycles. The average Bonchev–Trinajstić information content (AvgIpc) is 2.36. The molecule has 2 rings (SSSR count). The first kappa shape index (κ1) is 13.0. The van der Waals surface area contributed by atoms with E-state index in [1.165, 1.54) is 19.3 Å². The summed E-state index contributed by atoms with van der Waals surface area (Å²) in [5, 5.41) is 4.54. The van der Waals surface area contributed by atoms with Crippen LogP contribution in [-0.2, 0) is 0 Å². The van der Waals surface area contributed by atoms with Crippen molar-refractivity contribution in [1.29, 1.82) is 0 Å². The minimum absolute atomic E-state index is 0.505. The van der Waals surface area contributed by atoms with Gasteiger partial charge < -0.3 is 10.1 Å². The molecular weight excluding hydrogens is 257 g/mol. The molecule has 1 aliphatic rings. The first-order valence-electron chi connectivity index (χ1n) is 6.07. The van der Waals surface area contributed by atoms with Crippen LogP contribution in [0.5, 0.6) is 5.75 Å². The topological polar surface area (TPSA) is 21.3 Å². The Balaban J connectivity index is 1.79. The Bertz CT molecular complexity index is 364. The first-order valence-corrected chi connectivity index (χ1v) is 6.83. The first-order chi connectivity index (χ1) is 8.27. The summed E-state index contributed by atoms with van der Waals surface area (Å²) in [6.45, 7) is 1.81. The highest BCUT2D eigenvalue weighted by molar-refractivity contribution is 6.42. The number of halogens is 2. The number of hydrogen-bond donors (Lipinski definition) is 1. The van der Waals surface area contributed by atoms with Crippen LogP contribution < -0.4 is 10.1 Å². The number of rotatable bonds is 4. The monoisotopic (exact) mass is 273 g/mol. The van der Waals surface area contributed by atoms with E-state index < -0.39 is 0 Å². The molecule has 2 nitrogen and oxygen atoms in total. The molecule has 1 N–H and O–H groups in total. The minimum atomic E-state index is 0.505. The molecule has 0 aromatic heterocycles. The second-order valence-electron chi connectivity index (χ2n) is 4.34. The summed E-state index contributed by atoms with van der Waals surface area (Å²) >= 11 is 12.0. The summed E-state index contributed by atoms with van der Waals surface area (Å²) in [5.41, 5.74) is 0. The summed E-state index contributed by atoms with van der Waals surface area (Å²) in [5.74, 6) is 0.676. The second kappa shape index (κ2) is 6.48. The van der Waals surface area contributed by atoms with E-state index in [1.807, 2.05) is 12.1 Å². The van der Waals surface area contributed by atoms with Gasteiger partial charge in [0.15, 0.2) is 0 Å². The molecule has 1 saturated heterocycles. The van der Waals surface area contributed by atoms with Crippen molar-refractivity contribution in [3.63, 3.8) is 0 Å². The van der Waals surface area contributed by atoms with Crippen LogP contribution in [0, 0.1) is 0 Å². The van der Waals surface area contributed by atoms with E-state index in [-0.39, 0.29) is 0 Å². The number of hydrogen-bond acceptors (Lipinski definition) is 2. The largest absolute Gasteiger partial charge is 0.492 e. The summed E-state index contributed by atoms with van der Waals surface area (Å²) in [6, 6.07) is 6.05. The van der Waals surface area contributed by atoms with Gasteiger partial charge >= 0.3 is 0 Å². The Morgan fingerprint density at radius 3 is 2.94 bits per heavy atom. The lowest BCUT2D eigenvalue weighted by Crippen LogP contribution is -2.35. The molecule has 1 aromatic carbocycles. The lowest BCUT2D eigenvalue weighted by atomic mass is 10.0. The van der Waals surface area contributed by atoms with Gasteiger partial charge in [-0.15, -0.1) is 0 Å². The maximum Gasteiger partial charge on any atom is 0.139 e. The zero-order valence-electron chi connectivity index (χ0n) is 9.72. The van der Waals surface area contributed by atoms with E-state index in [0.29, 0.717) is 28.4 Å². The molecule has 1 atom stereocenters. The molecule has 0 amide bonds. The van der Waals surface area contributed by atoms with Gasteiger partial charge in [0.25, 0.3) is 0 Å². The van der Waals surface area contributed by atoms with E-state index in [0.717, 1.165) is 13.0 Å².